The second-order valence-corrected chi connectivity index (χ2v) is 4.69. The summed E-state index contributed by atoms with van der Waals surface area (Å²) < 4.78 is 4.54. The maximum absolute atomic E-state index is 11.6. The predicted octanol–water partition coefficient (Wildman–Crippen LogP) is 0.840. The van der Waals surface area contributed by atoms with Crippen LogP contribution in [0.15, 0.2) is 30.3 Å². The Hall–Kier alpha value is -1.88. The summed E-state index contributed by atoms with van der Waals surface area (Å²) in [5.74, 6) is -0.422. The average molecular weight is 278 g/mol. The van der Waals surface area contributed by atoms with Gasteiger partial charge in [-0.2, -0.15) is 0 Å². The molecule has 1 amide bonds. The van der Waals surface area contributed by atoms with Crippen LogP contribution in [0.5, 0.6) is 0 Å². The Kier molecular flexibility index (Phi) is 7.35. The monoisotopic (exact) mass is 278 g/mol. The SMILES string of the molecule is COC(=O)CN(C)CC(=O)NCCCc1ccccc1. The average Bonchev–Trinajstić information content (AvgIpc) is 2.44. The fourth-order valence-electron chi connectivity index (χ4n) is 1.81. The number of nitrogens with one attached hydrogen (secondary N) is 1. The summed E-state index contributed by atoms with van der Waals surface area (Å²) in [6, 6.07) is 10.2. The molecule has 0 aliphatic carbocycles. The Labute approximate surface area is 119 Å². The van der Waals surface area contributed by atoms with E-state index in [2.05, 4.69) is 22.2 Å². The molecule has 5 nitrogen and oxygen atoms in total. The van der Waals surface area contributed by atoms with Crippen LogP contribution in [-0.4, -0.2) is 50.6 Å². The van der Waals surface area contributed by atoms with Gasteiger partial charge in [0.2, 0.25) is 5.91 Å². The van der Waals surface area contributed by atoms with Gasteiger partial charge in [0.15, 0.2) is 0 Å². The number of hydrogen-bond acceptors (Lipinski definition) is 4. The highest BCUT2D eigenvalue weighted by atomic mass is 16.5. The molecule has 0 unspecified atom stereocenters. The quantitative estimate of drug-likeness (QED) is 0.565. The molecule has 0 aliphatic heterocycles. The van der Waals surface area contributed by atoms with Gasteiger partial charge in [-0.3, -0.25) is 14.5 Å². The van der Waals surface area contributed by atoms with Gasteiger partial charge in [0, 0.05) is 6.54 Å². The van der Waals surface area contributed by atoms with Crippen molar-refractivity contribution < 1.29 is 14.3 Å². The molecular weight excluding hydrogens is 256 g/mol. The molecule has 1 rings (SSSR count). The first-order valence-corrected chi connectivity index (χ1v) is 6.68. The van der Waals surface area contributed by atoms with E-state index in [1.807, 2.05) is 18.2 Å². The number of carbonyl (C=O) groups excluding carboxylic acids is 2. The van der Waals surface area contributed by atoms with Crippen molar-refractivity contribution >= 4 is 11.9 Å². The minimum atomic E-state index is -0.343. The maximum Gasteiger partial charge on any atom is 0.319 e. The second kappa shape index (κ2) is 9.09. The summed E-state index contributed by atoms with van der Waals surface area (Å²) in [6.07, 6.45) is 1.84. The van der Waals surface area contributed by atoms with Crippen LogP contribution in [0, 0.1) is 0 Å². The third kappa shape index (κ3) is 6.89. The van der Waals surface area contributed by atoms with Crippen LogP contribution in [0.1, 0.15) is 12.0 Å². The van der Waals surface area contributed by atoms with Crippen molar-refractivity contribution in [3.8, 4) is 0 Å². The summed E-state index contributed by atoms with van der Waals surface area (Å²) in [5, 5.41) is 2.84. The molecule has 1 N–H and O–H groups in total. The van der Waals surface area contributed by atoms with Crippen molar-refractivity contribution in [2.75, 3.05) is 33.8 Å². The van der Waals surface area contributed by atoms with E-state index in [0.29, 0.717) is 6.54 Å². The second-order valence-electron chi connectivity index (χ2n) is 4.69. The lowest BCUT2D eigenvalue weighted by Crippen LogP contribution is -2.38. The maximum atomic E-state index is 11.6. The lowest BCUT2D eigenvalue weighted by molar-refractivity contribution is -0.141. The molecule has 0 saturated carbocycles. The van der Waals surface area contributed by atoms with Crippen molar-refractivity contribution in [3.05, 3.63) is 35.9 Å². The Bertz CT molecular complexity index is 420. The van der Waals surface area contributed by atoms with Gasteiger partial charge in [-0.25, -0.2) is 0 Å². The topological polar surface area (TPSA) is 58.6 Å². The molecule has 1 aromatic rings. The molecule has 0 saturated heterocycles. The molecule has 20 heavy (non-hydrogen) atoms. The number of likely N-dealkylation sites (N-methyl/N-ethyl adjacent to an activating group) is 1. The summed E-state index contributed by atoms with van der Waals surface area (Å²) in [7, 11) is 3.04. The molecular formula is C15H22N2O3. The van der Waals surface area contributed by atoms with Crippen LogP contribution in [0.2, 0.25) is 0 Å². The fraction of sp³-hybridized carbons (Fsp3) is 0.467. The van der Waals surface area contributed by atoms with E-state index in [-0.39, 0.29) is 25.0 Å². The molecule has 0 aromatic heterocycles. The summed E-state index contributed by atoms with van der Waals surface area (Å²) in [6.45, 7) is 0.953. The number of hydrogen-bond donors (Lipinski definition) is 1. The smallest absolute Gasteiger partial charge is 0.319 e. The van der Waals surface area contributed by atoms with E-state index in [4.69, 9.17) is 0 Å². The minimum absolute atomic E-state index is 0.0792. The Morgan fingerprint density at radius 3 is 2.55 bits per heavy atom. The largest absolute Gasteiger partial charge is 0.468 e. The first kappa shape index (κ1) is 16.2. The van der Waals surface area contributed by atoms with Crippen molar-refractivity contribution in [2.45, 2.75) is 12.8 Å². The number of ether oxygens (including phenoxy) is 1. The summed E-state index contributed by atoms with van der Waals surface area (Å²) >= 11 is 0. The van der Waals surface area contributed by atoms with E-state index < -0.39 is 0 Å². The van der Waals surface area contributed by atoms with E-state index in [0.717, 1.165) is 12.8 Å². The molecule has 0 spiro atoms. The zero-order valence-corrected chi connectivity index (χ0v) is 12.1. The van der Waals surface area contributed by atoms with E-state index in [1.54, 1.807) is 11.9 Å². The van der Waals surface area contributed by atoms with Gasteiger partial charge in [0.25, 0.3) is 0 Å². The number of aryl methyl sites for hydroxylation is 1. The highest BCUT2D eigenvalue weighted by Gasteiger charge is 2.10. The highest BCUT2D eigenvalue weighted by molar-refractivity contribution is 5.79. The van der Waals surface area contributed by atoms with Gasteiger partial charge in [-0.05, 0) is 25.5 Å². The molecule has 0 aliphatic rings. The standard InChI is InChI=1S/C15H22N2O3/c1-17(12-15(19)20-2)11-14(18)16-10-6-9-13-7-4-3-5-8-13/h3-5,7-8H,6,9-12H2,1-2H3,(H,16,18). The van der Waals surface area contributed by atoms with E-state index >= 15 is 0 Å². The first-order valence-electron chi connectivity index (χ1n) is 6.68. The van der Waals surface area contributed by atoms with Crippen LogP contribution in [0.4, 0.5) is 0 Å². The molecule has 0 heterocycles. The Morgan fingerprint density at radius 2 is 1.90 bits per heavy atom. The van der Waals surface area contributed by atoms with Crippen LogP contribution in [0.25, 0.3) is 0 Å². The Morgan fingerprint density at radius 1 is 1.20 bits per heavy atom. The molecule has 0 radical (unpaired) electrons. The van der Waals surface area contributed by atoms with Crippen molar-refractivity contribution in [3.63, 3.8) is 0 Å². The highest BCUT2D eigenvalue weighted by Crippen LogP contribution is 2.01. The minimum Gasteiger partial charge on any atom is -0.468 e. The lowest BCUT2D eigenvalue weighted by Gasteiger charge is -2.14. The third-order valence-electron chi connectivity index (χ3n) is 2.85. The molecule has 5 heteroatoms. The summed E-state index contributed by atoms with van der Waals surface area (Å²) in [5.41, 5.74) is 1.27. The van der Waals surface area contributed by atoms with E-state index in [9.17, 15) is 9.59 Å². The number of nitrogens with zero attached hydrogens (tertiary/aromatic N) is 1. The first-order chi connectivity index (χ1) is 9.61. The van der Waals surface area contributed by atoms with E-state index in [1.165, 1.54) is 12.7 Å². The van der Waals surface area contributed by atoms with Gasteiger partial charge in [-0.15, -0.1) is 0 Å². The van der Waals surface area contributed by atoms with Crippen molar-refractivity contribution in [2.24, 2.45) is 0 Å². The molecule has 0 fully saturated rings. The number of methoxy groups -OCH3 is 1. The van der Waals surface area contributed by atoms with Crippen LogP contribution in [0.3, 0.4) is 0 Å². The number of esters is 1. The van der Waals surface area contributed by atoms with Gasteiger partial charge >= 0.3 is 5.97 Å². The normalized spacial score (nSPS) is 10.3. The van der Waals surface area contributed by atoms with Gasteiger partial charge in [-0.1, -0.05) is 30.3 Å². The van der Waals surface area contributed by atoms with Gasteiger partial charge in [0.05, 0.1) is 20.2 Å². The number of benzene rings is 1. The van der Waals surface area contributed by atoms with Crippen molar-refractivity contribution in [1.29, 1.82) is 0 Å². The van der Waals surface area contributed by atoms with Gasteiger partial charge < -0.3 is 10.1 Å². The molecule has 0 atom stereocenters. The molecule has 1 aromatic carbocycles. The summed E-state index contributed by atoms with van der Waals surface area (Å²) in [4.78, 5) is 24.3. The number of carbonyl (C=O) groups is 2. The third-order valence-corrected chi connectivity index (χ3v) is 2.85. The van der Waals surface area contributed by atoms with Crippen LogP contribution >= 0.6 is 0 Å². The number of amides is 1. The fourth-order valence-corrected chi connectivity index (χ4v) is 1.81. The van der Waals surface area contributed by atoms with Crippen LogP contribution < -0.4 is 5.32 Å². The zero-order valence-electron chi connectivity index (χ0n) is 12.1. The lowest BCUT2D eigenvalue weighted by atomic mass is 10.1. The molecule has 0 bridgehead atoms. The zero-order chi connectivity index (χ0) is 14.8. The predicted molar refractivity (Wildman–Crippen MR) is 77.3 cm³/mol. The molecule has 110 valence electrons. The van der Waals surface area contributed by atoms with Crippen LogP contribution in [-0.2, 0) is 20.7 Å². The Balaban J connectivity index is 2.12. The van der Waals surface area contributed by atoms with Gasteiger partial charge in [0.1, 0.15) is 0 Å². The van der Waals surface area contributed by atoms with Crippen molar-refractivity contribution in [1.82, 2.24) is 10.2 Å². The number of rotatable bonds is 8.